The Labute approximate surface area is 67.5 Å². The molecule has 0 unspecified atom stereocenters. The summed E-state index contributed by atoms with van der Waals surface area (Å²) in [6.07, 6.45) is 1.49. The summed E-state index contributed by atoms with van der Waals surface area (Å²) in [5.41, 5.74) is 0.857. The van der Waals surface area contributed by atoms with Crippen LogP contribution < -0.4 is 0 Å². The molecule has 0 radical (unpaired) electrons. The minimum absolute atomic E-state index is 0.172. The van der Waals surface area contributed by atoms with Crippen LogP contribution in [0.25, 0.3) is 0 Å². The highest BCUT2D eigenvalue weighted by Gasteiger charge is 1.91. The fraction of sp³-hybridized carbons (Fsp3) is 0.286. The van der Waals surface area contributed by atoms with E-state index >= 15 is 0 Å². The molecule has 0 aliphatic carbocycles. The molecular weight excluding hydrogens is 178 g/mol. The lowest BCUT2D eigenvalue weighted by Gasteiger charge is -1.96. The summed E-state index contributed by atoms with van der Waals surface area (Å²) in [6, 6.07) is 1.74. The van der Waals surface area contributed by atoms with E-state index in [0.717, 1.165) is 4.47 Å². The van der Waals surface area contributed by atoms with Gasteiger partial charge in [0.1, 0.15) is 0 Å². The fourth-order valence-electron chi connectivity index (χ4n) is 0.540. The Morgan fingerprint density at radius 2 is 2.56 bits per heavy atom. The van der Waals surface area contributed by atoms with Crippen molar-refractivity contribution in [3.63, 3.8) is 0 Å². The van der Waals surface area contributed by atoms with Gasteiger partial charge in [-0.25, -0.2) is 0 Å². The predicted molar refractivity (Wildman–Crippen MR) is 41.4 cm³/mol. The van der Waals surface area contributed by atoms with E-state index in [4.69, 9.17) is 4.11 Å². The third kappa shape index (κ3) is 1.52. The molecule has 1 aromatic heterocycles. The molecule has 1 rings (SSSR count). The molecule has 1 aromatic rings. The van der Waals surface area contributed by atoms with Gasteiger partial charge in [0.15, 0.2) is 0 Å². The van der Waals surface area contributed by atoms with Crippen molar-refractivity contribution < 1.29 is 4.11 Å². The minimum atomic E-state index is -2.11. The summed E-state index contributed by atoms with van der Waals surface area (Å²) in [5.74, 6) is 0. The van der Waals surface area contributed by atoms with E-state index in [0.29, 0.717) is 5.56 Å². The van der Waals surface area contributed by atoms with Crippen molar-refractivity contribution in [2.75, 3.05) is 0 Å². The molecule has 0 aliphatic heterocycles. The molecule has 0 spiro atoms. The van der Waals surface area contributed by atoms with Gasteiger partial charge < -0.3 is 0 Å². The first-order valence-corrected chi connectivity index (χ1v) is 3.33. The number of halogens is 1. The zero-order valence-corrected chi connectivity index (χ0v) is 6.57. The van der Waals surface area contributed by atoms with Gasteiger partial charge in [-0.1, -0.05) is 0 Å². The van der Waals surface area contributed by atoms with Crippen molar-refractivity contribution in [2.45, 2.75) is 13.8 Å². The molecule has 0 amide bonds. The van der Waals surface area contributed by atoms with Gasteiger partial charge in [0.25, 0.3) is 0 Å². The van der Waals surface area contributed by atoms with E-state index in [2.05, 4.69) is 20.9 Å². The molecule has 2 heteroatoms. The lowest BCUT2D eigenvalue weighted by Crippen LogP contribution is -1.83. The van der Waals surface area contributed by atoms with Crippen LogP contribution >= 0.6 is 15.9 Å². The van der Waals surface area contributed by atoms with Gasteiger partial charge in [0.2, 0.25) is 0 Å². The van der Waals surface area contributed by atoms with Crippen molar-refractivity contribution in [1.29, 1.82) is 0 Å². The summed E-state index contributed by atoms with van der Waals surface area (Å²) in [6.45, 7) is -0.371. The van der Waals surface area contributed by atoms with E-state index in [1.54, 1.807) is 13.0 Å². The number of nitrogens with zero attached hydrogens (tertiary/aromatic N) is 1. The SMILES string of the molecule is [2H]C([2H])([2H])c1ncc(Br)cc1C. The van der Waals surface area contributed by atoms with Crippen LogP contribution in [0.4, 0.5) is 0 Å². The molecule has 0 atom stereocenters. The number of aromatic nitrogens is 1. The van der Waals surface area contributed by atoms with Crippen LogP contribution in [0.2, 0.25) is 0 Å². The van der Waals surface area contributed by atoms with Gasteiger partial charge in [-0.2, -0.15) is 0 Å². The lowest BCUT2D eigenvalue weighted by atomic mass is 10.2. The highest BCUT2D eigenvalue weighted by Crippen LogP contribution is 2.11. The van der Waals surface area contributed by atoms with Crippen LogP contribution in [0.5, 0.6) is 0 Å². The Hall–Kier alpha value is -0.370. The van der Waals surface area contributed by atoms with Crippen LogP contribution in [0.15, 0.2) is 16.7 Å². The number of hydrogen-bond acceptors (Lipinski definition) is 1. The zero-order valence-electron chi connectivity index (χ0n) is 7.98. The molecule has 9 heavy (non-hydrogen) atoms. The van der Waals surface area contributed by atoms with Crippen molar-refractivity contribution in [2.24, 2.45) is 0 Å². The Bertz CT molecular complexity index is 295. The number of hydrogen-bond donors (Lipinski definition) is 0. The van der Waals surface area contributed by atoms with Crippen LogP contribution in [0, 0.1) is 13.8 Å². The maximum atomic E-state index is 7.14. The summed E-state index contributed by atoms with van der Waals surface area (Å²) in [4.78, 5) is 3.84. The molecule has 0 fully saturated rings. The average Bonchev–Trinajstić information content (AvgIpc) is 1.83. The normalized spacial score (nSPS) is 16.0. The second-order valence-electron chi connectivity index (χ2n) is 1.82. The number of pyridine rings is 1. The molecule has 0 N–H and O–H groups in total. The van der Waals surface area contributed by atoms with Crippen LogP contribution in [0.3, 0.4) is 0 Å². The van der Waals surface area contributed by atoms with Gasteiger partial charge in [-0.3, -0.25) is 4.98 Å². The van der Waals surface area contributed by atoms with Gasteiger partial charge >= 0.3 is 0 Å². The monoisotopic (exact) mass is 188 g/mol. The second-order valence-corrected chi connectivity index (χ2v) is 2.73. The van der Waals surface area contributed by atoms with E-state index < -0.39 is 6.85 Å². The molecule has 0 aromatic carbocycles. The molecule has 0 aliphatic rings. The highest BCUT2D eigenvalue weighted by molar-refractivity contribution is 9.10. The second kappa shape index (κ2) is 2.48. The van der Waals surface area contributed by atoms with Crippen LogP contribution in [-0.2, 0) is 0 Å². The molecule has 1 nitrogen and oxygen atoms in total. The smallest absolute Gasteiger partial charge is 0.0413 e. The first-order valence-electron chi connectivity index (χ1n) is 4.04. The van der Waals surface area contributed by atoms with Crippen molar-refractivity contribution in [3.8, 4) is 0 Å². The highest BCUT2D eigenvalue weighted by atomic mass is 79.9. The molecule has 0 bridgehead atoms. The Kier molecular flexibility index (Phi) is 1.02. The van der Waals surface area contributed by atoms with Crippen LogP contribution in [-0.4, -0.2) is 4.98 Å². The van der Waals surface area contributed by atoms with Crippen molar-refractivity contribution in [3.05, 3.63) is 28.0 Å². The molecule has 0 saturated heterocycles. The Balaban J connectivity index is 3.19. The van der Waals surface area contributed by atoms with Crippen molar-refractivity contribution in [1.82, 2.24) is 4.98 Å². The van der Waals surface area contributed by atoms with E-state index in [-0.39, 0.29) is 5.69 Å². The molecular formula is C7H8BrN. The van der Waals surface area contributed by atoms with Gasteiger partial charge in [0, 0.05) is 20.5 Å². The largest absolute Gasteiger partial charge is 0.260 e. The Morgan fingerprint density at radius 1 is 1.78 bits per heavy atom. The maximum Gasteiger partial charge on any atom is 0.0413 e. The van der Waals surface area contributed by atoms with Gasteiger partial charge in [-0.05, 0) is 41.3 Å². The minimum Gasteiger partial charge on any atom is -0.260 e. The number of rotatable bonds is 0. The third-order valence-electron chi connectivity index (χ3n) is 1.04. The Morgan fingerprint density at radius 3 is 3.11 bits per heavy atom. The third-order valence-corrected chi connectivity index (χ3v) is 1.48. The van der Waals surface area contributed by atoms with E-state index in [1.807, 2.05) is 0 Å². The van der Waals surface area contributed by atoms with E-state index in [9.17, 15) is 0 Å². The quantitative estimate of drug-likeness (QED) is 0.610. The van der Waals surface area contributed by atoms with Crippen molar-refractivity contribution >= 4 is 15.9 Å². The zero-order chi connectivity index (χ0) is 9.35. The maximum absolute atomic E-state index is 7.14. The summed E-state index contributed by atoms with van der Waals surface area (Å²) < 4.78 is 22.2. The average molecular weight is 189 g/mol. The molecule has 0 saturated carbocycles. The van der Waals surface area contributed by atoms with E-state index in [1.165, 1.54) is 6.20 Å². The lowest BCUT2D eigenvalue weighted by molar-refractivity contribution is 1.14. The molecule has 1 heterocycles. The topological polar surface area (TPSA) is 12.9 Å². The van der Waals surface area contributed by atoms with Crippen LogP contribution in [0.1, 0.15) is 15.4 Å². The first-order chi connectivity index (χ1) is 5.41. The fourth-order valence-corrected chi connectivity index (χ4v) is 0.986. The number of aryl methyl sites for hydroxylation is 2. The van der Waals surface area contributed by atoms with Gasteiger partial charge in [-0.15, -0.1) is 0 Å². The predicted octanol–water partition coefficient (Wildman–Crippen LogP) is 2.46. The summed E-state index contributed by atoms with van der Waals surface area (Å²) in [5, 5.41) is 0. The molecule has 48 valence electrons. The first kappa shape index (κ1) is 3.71. The summed E-state index contributed by atoms with van der Waals surface area (Å²) in [7, 11) is 0. The van der Waals surface area contributed by atoms with Gasteiger partial charge in [0.05, 0.1) is 0 Å². The standard InChI is InChI=1S/C7H8BrN/c1-5-3-7(8)4-9-6(5)2/h3-4H,1-2H3/i2D3. The summed E-state index contributed by atoms with van der Waals surface area (Å²) >= 11 is 3.22.